The molecular weight excluding hydrogens is 360 g/mol. The van der Waals surface area contributed by atoms with E-state index in [0.717, 1.165) is 5.56 Å². The molecule has 1 aliphatic rings. The summed E-state index contributed by atoms with van der Waals surface area (Å²) in [6.45, 7) is 2.07. The van der Waals surface area contributed by atoms with Gasteiger partial charge in [-0.3, -0.25) is 9.59 Å². The molecule has 0 bridgehead atoms. The first-order valence-electron chi connectivity index (χ1n) is 8.76. The lowest BCUT2D eigenvalue weighted by atomic mass is 10.1. The van der Waals surface area contributed by atoms with E-state index >= 15 is 0 Å². The number of nitrogens with one attached hydrogen (secondary N) is 2. The SMILES string of the molecule is CC(NC(=O)c1ccccc1NC(=O)c1ccco1)c1ccc2c(c1)OCO2. The number of ether oxygens (including phenoxy) is 2. The highest BCUT2D eigenvalue weighted by Gasteiger charge is 2.19. The minimum atomic E-state index is -0.422. The Labute approximate surface area is 161 Å². The molecule has 28 heavy (non-hydrogen) atoms. The van der Waals surface area contributed by atoms with E-state index in [2.05, 4.69) is 10.6 Å². The number of benzene rings is 2. The van der Waals surface area contributed by atoms with Crippen LogP contribution in [0, 0.1) is 0 Å². The summed E-state index contributed by atoms with van der Waals surface area (Å²) >= 11 is 0. The van der Waals surface area contributed by atoms with E-state index in [4.69, 9.17) is 13.9 Å². The van der Waals surface area contributed by atoms with E-state index in [0.29, 0.717) is 22.7 Å². The topological polar surface area (TPSA) is 89.8 Å². The van der Waals surface area contributed by atoms with Gasteiger partial charge in [0.1, 0.15) is 0 Å². The zero-order chi connectivity index (χ0) is 19.5. The number of furan rings is 1. The molecule has 142 valence electrons. The van der Waals surface area contributed by atoms with E-state index in [1.807, 2.05) is 25.1 Å². The number of hydrogen-bond acceptors (Lipinski definition) is 5. The summed E-state index contributed by atoms with van der Waals surface area (Å²) in [5.74, 6) is 0.788. The number of carbonyl (C=O) groups excluding carboxylic acids is 2. The second kappa shape index (κ2) is 7.48. The van der Waals surface area contributed by atoms with Crippen LogP contribution in [-0.4, -0.2) is 18.6 Å². The smallest absolute Gasteiger partial charge is 0.291 e. The molecule has 1 atom stereocenters. The van der Waals surface area contributed by atoms with E-state index in [1.165, 1.54) is 6.26 Å². The monoisotopic (exact) mass is 378 g/mol. The largest absolute Gasteiger partial charge is 0.459 e. The van der Waals surface area contributed by atoms with Gasteiger partial charge >= 0.3 is 0 Å². The van der Waals surface area contributed by atoms with Gasteiger partial charge in [0.05, 0.1) is 23.6 Å². The number of hydrogen-bond donors (Lipinski definition) is 2. The second-order valence-corrected chi connectivity index (χ2v) is 6.28. The van der Waals surface area contributed by atoms with Crippen LogP contribution in [0.25, 0.3) is 0 Å². The molecule has 0 spiro atoms. The lowest BCUT2D eigenvalue weighted by Gasteiger charge is -2.16. The van der Waals surface area contributed by atoms with Gasteiger partial charge in [0, 0.05) is 0 Å². The van der Waals surface area contributed by atoms with Gasteiger partial charge in [-0.25, -0.2) is 0 Å². The van der Waals surface area contributed by atoms with Crippen LogP contribution < -0.4 is 20.1 Å². The fraction of sp³-hybridized carbons (Fsp3) is 0.143. The molecule has 1 unspecified atom stereocenters. The molecule has 0 aliphatic carbocycles. The van der Waals surface area contributed by atoms with E-state index in [1.54, 1.807) is 36.4 Å². The van der Waals surface area contributed by atoms with Crippen molar-refractivity contribution in [1.82, 2.24) is 5.32 Å². The van der Waals surface area contributed by atoms with Gasteiger partial charge in [-0.2, -0.15) is 0 Å². The van der Waals surface area contributed by atoms with Gasteiger partial charge < -0.3 is 24.5 Å². The number of para-hydroxylation sites is 1. The Bertz CT molecular complexity index is 1010. The van der Waals surface area contributed by atoms with Crippen LogP contribution in [0.2, 0.25) is 0 Å². The maximum Gasteiger partial charge on any atom is 0.291 e. The van der Waals surface area contributed by atoms with Crippen LogP contribution in [0.3, 0.4) is 0 Å². The van der Waals surface area contributed by atoms with Crippen molar-refractivity contribution in [2.75, 3.05) is 12.1 Å². The molecule has 2 heterocycles. The minimum Gasteiger partial charge on any atom is -0.459 e. The van der Waals surface area contributed by atoms with Crippen LogP contribution >= 0.6 is 0 Å². The molecule has 0 saturated heterocycles. The van der Waals surface area contributed by atoms with E-state index in [-0.39, 0.29) is 24.5 Å². The van der Waals surface area contributed by atoms with Crippen molar-refractivity contribution >= 4 is 17.5 Å². The predicted octanol–water partition coefficient (Wildman–Crippen LogP) is 3.75. The second-order valence-electron chi connectivity index (χ2n) is 6.28. The Morgan fingerprint density at radius 3 is 2.61 bits per heavy atom. The Balaban J connectivity index is 1.49. The Hall–Kier alpha value is -3.74. The summed E-state index contributed by atoms with van der Waals surface area (Å²) in [6, 6.07) is 15.3. The quantitative estimate of drug-likeness (QED) is 0.706. The molecule has 4 rings (SSSR count). The third kappa shape index (κ3) is 3.55. The molecule has 1 aliphatic heterocycles. The molecule has 2 amide bonds. The van der Waals surface area contributed by atoms with Gasteiger partial charge in [-0.15, -0.1) is 0 Å². The van der Waals surface area contributed by atoms with Crippen LogP contribution in [-0.2, 0) is 0 Å². The highest BCUT2D eigenvalue weighted by molar-refractivity contribution is 6.07. The molecule has 3 aromatic rings. The van der Waals surface area contributed by atoms with Crippen LogP contribution in [0.4, 0.5) is 5.69 Å². The third-order valence-corrected chi connectivity index (χ3v) is 4.41. The summed E-state index contributed by atoms with van der Waals surface area (Å²) in [7, 11) is 0. The molecule has 1 aromatic heterocycles. The lowest BCUT2D eigenvalue weighted by Crippen LogP contribution is -2.28. The van der Waals surface area contributed by atoms with Crippen molar-refractivity contribution in [1.29, 1.82) is 0 Å². The van der Waals surface area contributed by atoms with Crippen molar-refractivity contribution < 1.29 is 23.5 Å². The molecule has 2 N–H and O–H groups in total. The number of amides is 2. The van der Waals surface area contributed by atoms with Gasteiger partial charge in [0.15, 0.2) is 17.3 Å². The normalized spacial score (nSPS) is 13.0. The highest BCUT2D eigenvalue weighted by Crippen LogP contribution is 2.34. The predicted molar refractivity (Wildman–Crippen MR) is 102 cm³/mol. The van der Waals surface area contributed by atoms with Crippen LogP contribution in [0.5, 0.6) is 11.5 Å². The lowest BCUT2D eigenvalue weighted by molar-refractivity contribution is 0.0940. The Kier molecular flexibility index (Phi) is 4.72. The average Bonchev–Trinajstić information content (AvgIpc) is 3.39. The first-order valence-corrected chi connectivity index (χ1v) is 8.76. The summed E-state index contributed by atoms with van der Waals surface area (Å²) in [5.41, 5.74) is 1.64. The number of anilines is 1. The van der Waals surface area contributed by atoms with E-state index in [9.17, 15) is 9.59 Å². The molecule has 0 radical (unpaired) electrons. The van der Waals surface area contributed by atoms with E-state index < -0.39 is 5.91 Å². The van der Waals surface area contributed by atoms with Gasteiger partial charge in [-0.1, -0.05) is 18.2 Å². The number of carbonyl (C=O) groups is 2. The molecule has 2 aromatic carbocycles. The fourth-order valence-electron chi connectivity index (χ4n) is 2.92. The van der Waals surface area contributed by atoms with Crippen LogP contribution in [0.15, 0.2) is 65.3 Å². The molecule has 7 heteroatoms. The standard InChI is InChI=1S/C21H18N2O5/c1-13(14-8-9-17-19(11-14)28-12-27-17)22-20(24)15-5-2-3-6-16(15)23-21(25)18-7-4-10-26-18/h2-11,13H,12H2,1H3,(H,22,24)(H,23,25). The summed E-state index contributed by atoms with van der Waals surface area (Å²) in [5, 5.41) is 5.65. The van der Waals surface area contributed by atoms with Gasteiger partial charge in [0.25, 0.3) is 11.8 Å². The minimum absolute atomic E-state index is 0.170. The van der Waals surface area contributed by atoms with Crippen LogP contribution in [0.1, 0.15) is 39.4 Å². The zero-order valence-corrected chi connectivity index (χ0v) is 15.1. The van der Waals surface area contributed by atoms with Crippen molar-refractivity contribution in [3.8, 4) is 11.5 Å². The Morgan fingerprint density at radius 2 is 1.79 bits per heavy atom. The van der Waals surface area contributed by atoms with Gasteiger partial charge in [-0.05, 0) is 48.9 Å². The maximum atomic E-state index is 12.8. The summed E-state index contributed by atoms with van der Waals surface area (Å²) < 4.78 is 15.8. The Morgan fingerprint density at radius 1 is 0.964 bits per heavy atom. The molecule has 0 fully saturated rings. The fourth-order valence-corrected chi connectivity index (χ4v) is 2.92. The molecule has 7 nitrogen and oxygen atoms in total. The van der Waals surface area contributed by atoms with Crippen molar-refractivity contribution in [3.05, 3.63) is 77.7 Å². The summed E-state index contributed by atoms with van der Waals surface area (Å²) in [6.07, 6.45) is 1.42. The first kappa shape index (κ1) is 17.7. The number of rotatable bonds is 5. The summed E-state index contributed by atoms with van der Waals surface area (Å²) in [4.78, 5) is 25.0. The first-order chi connectivity index (χ1) is 13.6. The van der Waals surface area contributed by atoms with Crippen molar-refractivity contribution in [2.45, 2.75) is 13.0 Å². The molecular formula is C21H18N2O5. The average molecular weight is 378 g/mol. The third-order valence-electron chi connectivity index (χ3n) is 4.41. The van der Waals surface area contributed by atoms with Crippen molar-refractivity contribution in [2.24, 2.45) is 0 Å². The number of fused-ring (bicyclic) bond motifs is 1. The maximum absolute atomic E-state index is 12.8. The van der Waals surface area contributed by atoms with Gasteiger partial charge in [0.2, 0.25) is 6.79 Å². The molecule has 0 saturated carbocycles. The zero-order valence-electron chi connectivity index (χ0n) is 15.1. The highest BCUT2D eigenvalue weighted by atomic mass is 16.7. The van der Waals surface area contributed by atoms with Crippen molar-refractivity contribution in [3.63, 3.8) is 0 Å².